The van der Waals surface area contributed by atoms with Crippen molar-refractivity contribution in [3.05, 3.63) is 23.9 Å². The largest absolute Gasteiger partial charge is 0.383 e. The summed E-state index contributed by atoms with van der Waals surface area (Å²) in [5, 5.41) is 0. The molecule has 0 amide bonds. The molecule has 21 heavy (non-hydrogen) atoms. The van der Waals surface area contributed by atoms with Crippen LogP contribution < -0.4 is 10.6 Å². The highest BCUT2D eigenvalue weighted by Gasteiger charge is 2.32. The molecule has 2 rings (SSSR count). The van der Waals surface area contributed by atoms with E-state index in [2.05, 4.69) is 35.9 Å². The van der Waals surface area contributed by atoms with Crippen molar-refractivity contribution < 1.29 is 4.74 Å². The summed E-state index contributed by atoms with van der Waals surface area (Å²) >= 11 is 0. The Balaban J connectivity index is 2.04. The van der Waals surface area contributed by atoms with Crippen molar-refractivity contribution in [3.63, 3.8) is 0 Å². The molecule has 0 aromatic carbocycles. The van der Waals surface area contributed by atoms with Gasteiger partial charge in [-0.1, -0.05) is 13.0 Å². The molecule has 0 saturated heterocycles. The third-order valence-corrected chi connectivity index (χ3v) is 4.46. The van der Waals surface area contributed by atoms with Crippen molar-refractivity contribution in [3.8, 4) is 0 Å². The maximum atomic E-state index is 6.01. The first kappa shape index (κ1) is 16.2. The van der Waals surface area contributed by atoms with Crippen LogP contribution in [0.4, 0.5) is 5.82 Å². The highest BCUT2D eigenvalue weighted by atomic mass is 16.5. The number of rotatable bonds is 9. The molecule has 0 aliphatic heterocycles. The molecule has 1 aromatic heterocycles. The molecule has 2 unspecified atom stereocenters. The molecule has 0 bridgehead atoms. The van der Waals surface area contributed by atoms with E-state index < -0.39 is 0 Å². The predicted octanol–water partition coefficient (Wildman–Crippen LogP) is 2.61. The number of nitrogens with two attached hydrogens (primary N) is 1. The summed E-state index contributed by atoms with van der Waals surface area (Å²) in [7, 11) is 1.75. The molecule has 1 aliphatic rings. The third-order valence-electron chi connectivity index (χ3n) is 4.46. The van der Waals surface area contributed by atoms with E-state index in [1.165, 1.54) is 18.4 Å². The summed E-state index contributed by atoms with van der Waals surface area (Å²) in [6.07, 6.45) is 6.56. The van der Waals surface area contributed by atoms with E-state index in [-0.39, 0.29) is 6.04 Å². The van der Waals surface area contributed by atoms with Crippen LogP contribution >= 0.6 is 0 Å². The van der Waals surface area contributed by atoms with Gasteiger partial charge < -0.3 is 15.4 Å². The highest BCUT2D eigenvalue weighted by molar-refractivity contribution is 5.41. The van der Waals surface area contributed by atoms with Crippen LogP contribution in [0, 0.1) is 5.92 Å². The van der Waals surface area contributed by atoms with E-state index in [9.17, 15) is 0 Å². The molecule has 2 atom stereocenters. The fourth-order valence-electron chi connectivity index (χ4n) is 2.70. The van der Waals surface area contributed by atoms with Crippen LogP contribution in [0.1, 0.15) is 38.7 Å². The Hall–Kier alpha value is -1.13. The number of pyridine rings is 1. The van der Waals surface area contributed by atoms with Crippen LogP contribution in [0.2, 0.25) is 0 Å². The topological polar surface area (TPSA) is 51.4 Å². The first-order valence-electron chi connectivity index (χ1n) is 8.11. The summed E-state index contributed by atoms with van der Waals surface area (Å²) in [5.41, 5.74) is 7.23. The van der Waals surface area contributed by atoms with Crippen molar-refractivity contribution >= 4 is 5.82 Å². The summed E-state index contributed by atoms with van der Waals surface area (Å²) < 4.78 is 5.25. The zero-order chi connectivity index (χ0) is 15.2. The van der Waals surface area contributed by atoms with E-state index in [1.807, 2.05) is 6.20 Å². The van der Waals surface area contributed by atoms with Gasteiger partial charge in [0.25, 0.3) is 0 Å². The zero-order valence-corrected chi connectivity index (χ0v) is 13.6. The SMILES string of the molecule is CCC(N)Cc1ccc(N(CCOC)C(C)C2CC2)nc1. The molecule has 1 aromatic rings. The Kier molecular flexibility index (Phi) is 6.00. The standard InChI is InChI=1S/C17H29N3O/c1-4-16(18)11-14-5-8-17(19-12-14)20(9-10-21-3)13(2)15-6-7-15/h5,8,12-13,15-16H,4,6-7,9-11,18H2,1-3H3. The van der Waals surface area contributed by atoms with Crippen LogP contribution in [0.3, 0.4) is 0 Å². The first-order valence-corrected chi connectivity index (χ1v) is 8.11. The molecule has 1 fully saturated rings. The van der Waals surface area contributed by atoms with Gasteiger partial charge in [0.05, 0.1) is 6.61 Å². The van der Waals surface area contributed by atoms with Crippen LogP contribution in [-0.2, 0) is 11.2 Å². The van der Waals surface area contributed by atoms with Crippen molar-refractivity contribution in [1.29, 1.82) is 0 Å². The smallest absolute Gasteiger partial charge is 0.128 e. The average Bonchev–Trinajstić information content (AvgIpc) is 3.33. The maximum Gasteiger partial charge on any atom is 0.128 e. The lowest BCUT2D eigenvalue weighted by Crippen LogP contribution is -2.37. The van der Waals surface area contributed by atoms with E-state index in [0.29, 0.717) is 6.04 Å². The van der Waals surface area contributed by atoms with Gasteiger partial charge >= 0.3 is 0 Å². The number of ether oxygens (including phenoxy) is 1. The normalized spacial score (nSPS) is 17.5. The molecule has 1 saturated carbocycles. The number of anilines is 1. The molecule has 1 aliphatic carbocycles. The van der Waals surface area contributed by atoms with Gasteiger partial charge in [-0.15, -0.1) is 0 Å². The van der Waals surface area contributed by atoms with Gasteiger partial charge in [0.2, 0.25) is 0 Å². The molecule has 1 heterocycles. The van der Waals surface area contributed by atoms with Crippen molar-refractivity contribution in [2.24, 2.45) is 11.7 Å². The number of hydrogen-bond donors (Lipinski definition) is 1. The van der Waals surface area contributed by atoms with E-state index in [4.69, 9.17) is 10.5 Å². The Morgan fingerprint density at radius 3 is 2.71 bits per heavy atom. The lowest BCUT2D eigenvalue weighted by atomic mass is 10.1. The van der Waals surface area contributed by atoms with E-state index in [0.717, 1.165) is 37.7 Å². The van der Waals surface area contributed by atoms with Crippen LogP contribution in [0.15, 0.2) is 18.3 Å². The number of aromatic nitrogens is 1. The van der Waals surface area contributed by atoms with Gasteiger partial charge in [-0.3, -0.25) is 0 Å². The molecule has 4 heteroatoms. The monoisotopic (exact) mass is 291 g/mol. The van der Waals surface area contributed by atoms with Gasteiger partial charge in [-0.25, -0.2) is 4.98 Å². The summed E-state index contributed by atoms with van der Waals surface area (Å²) in [5.74, 6) is 1.87. The Bertz CT molecular complexity index is 417. The Morgan fingerprint density at radius 1 is 1.43 bits per heavy atom. The second kappa shape index (κ2) is 7.76. The van der Waals surface area contributed by atoms with Crippen LogP contribution in [0.5, 0.6) is 0 Å². The third kappa shape index (κ3) is 4.68. The molecule has 4 nitrogen and oxygen atoms in total. The zero-order valence-electron chi connectivity index (χ0n) is 13.6. The minimum absolute atomic E-state index is 0.229. The fourth-order valence-corrected chi connectivity index (χ4v) is 2.70. The average molecular weight is 291 g/mol. The Morgan fingerprint density at radius 2 is 2.19 bits per heavy atom. The van der Waals surface area contributed by atoms with Gasteiger partial charge in [0, 0.05) is 31.9 Å². The number of hydrogen-bond acceptors (Lipinski definition) is 4. The van der Waals surface area contributed by atoms with Gasteiger partial charge in [-0.2, -0.15) is 0 Å². The lowest BCUT2D eigenvalue weighted by Gasteiger charge is -2.30. The van der Waals surface area contributed by atoms with Gasteiger partial charge in [0.15, 0.2) is 0 Å². The second-order valence-electron chi connectivity index (χ2n) is 6.16. The van der Waals surface area contributed by atoms with Crippen LogP contribution in [-0.4, -0.2) is 37.3 Å². The fraction of sp³-hybridized carbons (Fsp3) is 0.706. The minimum atomic E-state index is 0.229. The quantitative estimate of drug-likeness (QED) is 0.760. The molecule has 118 valence electrons. The maximum absolute atomic E-state index is 6.01. The van der Waals surface area contributed by atoms with E-state index in [1.54, 1.807) is 7.11 Å². The van der Waals surface area contributed by atoms with Gasteiger partial charge in [-0.05, 0) is 50.2 Å². The Labute approximate surface area is 128 Å². The summed E-state index contributed by atoms with van der Waals surface area (Å²) in [6.45, 7) is 6.06. The van der Waals surface area contributed by atoms with Crippen LogP contribution in [0.25, 0.3) is 0 Å². The van der Waals surface area contributed by atoms with Crippen molar-refractivity contribution in [1.82, 2.24) is 4.98 Å². The number of nitrogens with zero attached hydrogens (tertiary/aromatic N) is 2. The highest BCUT2D eigenvalue weighted by Crippen LogP contribution is 2.36. The van der Waals surface area contributed by atoms with E-state index >= 15 is 0 Å². The minimum Gasteiger partial charge on any atom is -0.383 e. The number of methoxy groups -OCH3 is 1. The summed E-state index contributed by atoms with van der Waals surface area (Å²) in [4.78, 5) is 7.05. The van der Waals surface area contributed by atoms with Crippen molar-refractivity contribution in [2.75, 3.05) is 25.2 Å². The second-order valence-corrected chi connectivity index (χ2v) is 6.16. The molecule has 2 N–H and O–H groups in total. The molecular weight excluding hydrogens is 262 g/mol. The predicted molar refractivity (Wildman–Crippen MR) is 87.6 cm³/mol. The molecule has 0 radical (unpaired) electrons. The van der Waals surface area contributed by atoms with Gasteiger partial charge in [0.1, 0.15) is 5.82 Å². The van der Waals surface area contributed by atoms with Crippen molar-refractivity contribution in [2.45, 2.75) is 51.6 Å². The molecular formula is C17H29N3O. The summed E-state index contributed by atoms with van der Waals surface area (Å²) in [6, 6.07) is 5.06. The first-order chi connectivity index (χ1) is 10.2. The molecule has 0 spiro atoms. The lowest BCUT2D eigenvalue weighted by molar-refractivity contribution is 0.202.